The first kappa shape index (κ1) is 18.9. The first-order chi connectivity index (χ1) is 9.38. The van der Waals surface area contributed by atoms with Crippen LogP contribution in [0, 0.1) is 5.92 Å². The van der Waals surface area contributed by atoms with Crippen molar-refractivity contribution in [1.29, 1.82) is 0 Å². The standard InChI is InChI=1S/C15H31N3O2/c1-5-10-17-14(19)7-6-8-15(20)18(4)11-9-13(16)12(2)3/h12-13H,5-11,16H2,1-4H3,(H,17,19). The molecule has 0 bridgehead atoms. The van der Waals surface area contributed by atoms with Crippen molar-refractivity contribution in [2.24, 2.45) is 11.7 Å². The van der Waals surface area contributed by atoms with E-state index in [4.69, 9.17) is 5.73 Å². The predicted molar refractivity (Wildman–Crippen MR) is 82.2 cm³/mol. The Morgan fingerprint density at radius 3 is 2.45 bits per heavy atom. The van der Waals surface area contributed by atoms with Crippen molar-refractivity contribution in [3.05, 3.63) is 0 Å². The zero-order chi connectivity index (χ0) is 15.5. The lowest BCUT2D eigenvalue weighted by Gasteiger charge is -2.21. The van der Waals surface area contributed by atoms with Gasteiger partial charge in [-0.1, -0.05) is 20.8 Å². The molecule has 3 N–H and O–H groups in total. The topological polar surface area (TPSA) is 75.4 Å². The molecule has 118 valence electrons. The highest BCUT2D eigenvalue weighted by Crippen LogP contribution is 2.05. The monoisotopic (exact) mass is 285 g/mol. The molecule has 0 aromatic heterocycles. The van der Waals surface area contributed by atoms with Crippen molar-refractivity contribution in [3.63, 3.8) is 0 Å². The predicted octanol–water partition coefficient (Wildman–Crippen LogP) is 1.51. The molecule has 0 fully saturated rings. The summed E-state index contributed by atoms with van der Waals surface area (Å²) in [5.74, 6) is 0.550. The average Bonchev–Trinajstić information content (AvgIpc) is 2.41. The van der Waals surface area contributed by atoms with Crippen molar-refractivity contribution in [2.45, 2.75) is 58.9 Å². The van der Waals surface area contributed by atoms with E-state index in [2.05, 4.69) is 19.2 Å². The van der Waals surface area contributed by atoms with Crippen LogP contribution in [0.1, 0.15) is 52.9 Å². The van der Waals surface area contributed by atoms with Gasteiger partial charge in [0.1, 0.15) is 0 Å². The van der Waals surface area contributed by atoms with Crippen LogP contribution >= 0.6 is 0 Å². The Bertz CT molecular complexity index is 293. The number of nitrogens with two attached hydrogens (primary N) is 1. The van der Waals surface area contributed by atoms with Crippen LogP contribution in [0.25, 0.3) is 0 Å². The number of carbonyl (C=O) groups is 2. The lowest BCUT2D eigenvalue weighted by atomic mass is 10.0. The van der Waals surface area contributed by atoms with Gasteiger partial charge in [0.15, 0.2) is 0 Å². The second-order valence-electron chi connectivity index (χ2n) is 5.72. The highest BCUT2D eigenvalue weighted by Gasteiger charge is 2.13. The summed E-state index contributed by atoms with van der Waals surface area (Å²) in [7, 11) is 1.80. The SMILES string of the molecule is CCCNC(=O)CCCC(=O)N(C)CCC(N)C(C)C. The highest BCUT2D eigenvalue weighted by molar-refractivity contribution is 5.78. The second kappa shape index (κ2) is 10.7. The minimum Gasteiger partial charge on any atom is -0.356 e. The van der Waals surface area contributed by atoms with E-state index in [1.54, 1.807) is 11.9 Å². The number of rotatable bonds is 10. The molecule has 1 atom stereocenters. The van der Waals surface area contributed by atoms with Crippen molar-refractivity contribution < 1.29 is 9.59 Å². The molecule has 0 rings (SSSR count). The maximum atomic E-state index is 11.9. The maximum absolute atomic E-state index is 11.9. The first-order valence-electron chi connectivity index (χ1n) is 7.64. The largest absolute Gasteiger partial charge is 0.356 e. The molecular formula is C15H31N3O2. The van der Waals surface area contributed by atoms with Crippen molar-refractivity contribution >= 4 is 11.8 Å². The average molecular weight is 285 g/mol. The molecular weight excluding hydrogens is 254 g/mol. The number of nitrogens with zero attached hydrogens (tertiary/aromatic N) is 1. The third kappa shape index (κ3) is 8.91. The molecule has 0 radical (unpaired) electrons. The molecule has 0 heterocycles. The third-order valence-corrected chi connectivity index (χ3v) is 3.45. The normalized spacial score (nSPS) is 12.3. The van der Waals surface area contributed by atoms with Crippen molar-refractivity contribution in [3.8, 4) is 0 Å². The fourth-order valence-corrected chi connectivity index (χ4v) is 1.74. The van der Waals surface area contributed by atoms with Gasteiger partial charge in [-0.25, -0.2) is 0 Å². The van der Waals surface area contributed by atoms with Gasteiger partial charge in [-0.2, -0.15) is 0 Å². The molecule has 5 nitrogen and oxygen atoms in total. The molecule has 20 heavy (non-hydrogen) atoms. The van der Waals surface area contributed by atoms with E-state index in [-0.39, 0.29) is 17.9 Å². The Morgan fingerprint density at radius 2 is 1.90 bits per heavy atom. The minimum atomic E-state index is 0.0316. The van der Waals surface area contributed by atoms with Gasteiger partial charge in [-0.05, 0) is 25.2 Å². The van der Waals surface area contributed by atoms with Crippen LogP contribution in [0.5, 0.6) is 0 Å². The summed E-state index contributed by atoms with van der Waals surface area (Å²) in [5.41, 5.74) is 5.96. The van der Waals surface area contributed by atoms with Crippen LogP contribution in [0.3, 0.4) is 0 Å². The molecule has 1 unspecified atom stereocenters. The van der Waals surface area contributed by atoms with E-state index >= 15 is 0 Å². The summed E-state index contributed by atoms with van der Waals surface area (Å²) in [6, 6.07) is 0.130. The Balaban J connectivity index is 3.77. The number of amides is 2. The van der Waals surface area contributed by atoms with Gasteiger partial charge in [-0.15, -0.1) is 0 Å². The zero-order valence-electron chi connectivity index (χ0n) is 13.4. The first-order valence-corrected chi connectivity index (χ1v) is 7.64. The van der Waals surface area contributed by atoms with Crippen LogP contribution in [-0.4, -0.2) is 42.9 Å². The molecule has 0 aliphatic rings. The van der Waals surface area contributed by atoms with Crippen LogP contribution in [-0.2, 0) is 9.59 Å². The lowest BCUT2D eigenvalue weighted by molar-refractivity contribution is -0.130. The van der Waals surface area contributed by atoms with E-state index in [1.807, 2.05) is 6.92 Å². The van der Waals surface area contributed by atoms with Gasteiger partial charge in [0.25, 0.3) is 0 Å². The zero-order valence-corrected chi connectivity index (χ0v) is 13.4. The summed E-state index contributed by atoms with van der Waals surface area (Å²) in [6.07, 6.45) is 3.20. The lowest BCUT2D eigenvalue weighted by Crippen LogP contribution is -2.34. The van der Waals surface area contributed by atoms with Crippen LogP contribution < -0.4 is 11.1 Å². The Labute approximate surface area is 123 Å². The molecule has 0 aliphatic carbocycles. The number of hydrogen-bond donors (Lipinski definition) is 2. The summed E-state index contributed by atoms with van der Waals surface area (Å²) >= 11 is 0. The van der Waals surface area contributed by atoms with Crippen molar-refractivity contribution in [1.82, 2.24) is 10.2 Å². The van der Waals surface area contributed by atoms with Crippen molar-refractivity contribution in [2.75, 3.05) is 20.1 Å². The number of nitrogens with one attached hydrogen (secondary N) is 1. The highest BCUT2D eigenvalue weighted by atomic mass is 16.2. The third-order valence-electron chi connectivity index (χ3n) is 3.45. The van der Waals surface area contributed by atoms with E-state index in [0.717, 1.165) is 12.8 Å². The second-order valence-corrected chi connectivity index (χ2v) is 5.72. The number of carbonyl (C=O) groups excluding carboxylic acids is 2. The fourth-order valence-electron chi connectivity index (χ4n) is 1.74. The Hall–Kier alpha value is -1.10. The van der Waals surface area contributed by atoms with Gasteiger partial charge in [0.2, 0.25) is 11.8 Å². The summed E-state index contributed by atoms with van der Waals surface area (Å²) in [6.45, 7) is 7.57. The molecule has 5 heteroatoms. The molecule has 0 aromatic rings. The van der Waals surface area contributed by atoms with Gasteiger partial charge < -0.3 is 16.0 Å². The van der Waals surface area contributed by atoms with Gasteiger partial charge in [-0.3, -0.25) is 9.59 Å². The van der Waals surface area contributed by atoms with E-state index in [0.29, 0.717) is 38.3 Å². The summed E-state index contributed by atoms with van der Waals surface area (Å²) < 4.78 is 0. The molecule has 0 aliphatic heterocycles. The molecule has 2 amide bonds. The minimum absolute atomic E-state index is 0.0316. The van der Waals surface area contributed by atoms with Crippen LogP contribution in [0.2, 0.25) is 0 Å². The number of hydrogen-bond acceptors (Lipinski definition) is 3. The van der Waals surface area contributed by atoms with E-state index in [1.165, 1.54) is 0 Å². The smallest absolute Gasteiger partial charge is 0.222 e. The quantitative estimate of drug-likeness (QED) is 0.639. The molecule has 0 saturated heterocycles. The van der Waals surface area contributed by atoms with E-state index in [9.17, 15) is 9.59 Å². The fraction of sp³-hybridized carbons (Fsp3) is 0.867. The molecule has 0 saturated carbocycles. The van der Waals surface area contributed by atoms with Gasteiger partial charge in [0.05, 0.1) is 0 Å². The van der Waals surface area contributed by atoms with Gasteiger partial charge in [0, 0.05) is 39.0 Å². The Morgan fingerprint density at radius 1 is 1.25 bits per heavy atom. The Kier molecular flexibility index (Phi) is 10.1. The van der Waals surface area contributed by atoms with Crippen LogP contribution in [0.4, 0.5) is 0 Å². The summed E-state index contributed by atoms with van der Waals surface area (Å²) in [4.78, 5) is 25.0. The van der Waals surface area contributed by atoms with Gasteiger partial charge >= 0.3 is 0 Å². The summed E-state index contributed by atoms with van der Waals surface area (Å²) in [5, 5.41) is 2.81. The van der Waals surface area contributed by atoms with E-state index < -0.39 is 0 Å². The maximum Gasteiger partial charge on any atom is 0.222 e. The molecule has 0 aromatic carbocycles. The van der Waals surface area contributed by atoms with Crippen LogP contribution in [0.15, 0.2) is 0 Å². The molecule has 0 spiro atoms.